The first-order valence-electron chi connectivity index (χ1n) is 4.54. The van der Waals surface area contributed by atoms with Gasteiger partial charge in [-0.15, -0.1) is 4.98 Å². The van der Waals surface area contributed by atoms with Gasteiger partial charge in [0, 0.05) is 11.8 Å². The summed E-state index contributed by atoms with van der Waals surface area (Å²) in [7, 11) is 0. The molecule has 0 aliphatic heterocycles. The van der Waals surface area contributed by atoms with Gasteiger partial charge in [0.25, 0.3) is 5.56 Å². The molecule has 0 radical (unpaired) electrons. The first-order chi connectivity index (χ1) is 7.20. The number of hydrogen-bond donors (Lipinski definition) is 1. The van der Waals surface area contributed by atoms with E-state index in [1.807, 2.05) is 0 Å². The fraction of sp³-hybridized carbons (Fsp3) is 0.200. The number of benzene rings is 1. The van der Waals surface area contributed by atoms with E-state index in [1.165, 1.54) is 0 Å². The van der Waals surface area contributed by atoms with Crippen LogP contribution in [0.1, 0.15) is 6.92 Å². The lowest BCUT2D eigenvalue weighted by molar-refractivity contribution is 0.243. The van der Waals surface area contributed by atoms with Crippen molar-refractivity contribution in [1.82, 2.24) is 4.98 Å². The Bertz CT molecular complexity index is 548. The summed E-state index contributed by atoms with van der Waals surface area (Å²) in [5.41, 5.74) is 6.11. The molecule has 0 amide bonds. The van der Waals surface area contributed by atoms with E-state index in [9.17, 15) is 4.79 Å². The second kappa shape index (κ2) is 3.61. The Labute approximate surface area is 85.5 Å². The van der Waals surface area contributed by atoms with Gasteiger partial charge in [0.2, 0.25) is 0 Å². The average Bonchev–Trinajstić information content (AvgIpc) is 2.17. The lowest BCUT2D eigenvalue weighted by Gasteiger charge is -2.01. The van der Waals surface area contributed by atoms with Crippen LogP contribution in [0.3, 0.4) is 0 Å². The van der Waals surface area contributed by atoms with Crippen LogP contribution in [0.2, 0.25) is 0 Å². The van der Waals surface area contributed by atoms with E-state index in [0.29, 0.717) is 23.3 Å². The maximum atomic E-state index is 11.5. The van der Waals surface area contributed by atoms with Gasteiger partial charge in [-0.2, -0.15) is 0 Å². The summed E-state index contributed by atoms with van der Waals surface area (Å²) in [6, 6.07) is 4.78. The molecule has 1 aromatic heterocycles. The molecule has 1 aromatic carbocycles. The number of nitrogens with two attached hydrogens (primary N) is 1. The normalized spacial score (nSPS) is 10.5. The third-order valence-electron chi connectivity index (χ3n) is 1.89. The highest BCUT2D eigenvalue weighted by molar-refractivity contribution is 5.78. The molecular weight excluding hydrogens is 196 g/mol. The Balaban J connectivity index is 2.68. The summed E-state index contributed by atoms with van der Waals surface area (Å²) in [6.07, 6.45) is -0.0272. The second-order valence-corrected chi connectivity index (χ2v) is 2.97. The second-order valence-electron chi connectivity index (χ2n) is 2.97. The summed E-state index contributed by atoms with van der Waals surface area (Å²) >= 11 is 0. The number of fused-ring (bicyclic) bond motifs is 1. The van der Waals surface area contributed by atoms with Gasteiger partial charge in [-0.1, -0.05) is 0 Å². The van der Waals surface area contributed by atoms with Crippen LogP contribution in [0.25, 0.3) is 11.0 Å². The highest BCUT2D eigenvalue weighted by atomic mass is 16.6. The highest BCUT2D eigenvalue weighted by Crippen LogP contribution is 2.17. The van der Waals surface area contributed by atoms with Crippen molar-refractivity contribution >= 4 is 16.7 Å². The van der Waals surface area contributed by atoms with Gasteiger partial charge in [-0.05, 0) is 19.1 Å². The molecule has 0 unspecified atom stereocenters. The number of anilines is 1. The van der Waals surface area contributed by atoms with Gasteiger partial charge in [0.05, 0.1) is 12.0 Å². The molecule has 2 aromatic rings. The van der Waals surface area contributed by atoms with Crippen molar-refractivity contribution in [3.8, 4) is 6.08 Å². The van der Waals surface area contributed by atoms with E-state index in [4.69, 9.17) is 14.9 Å². The molecule has 0 bridgehead atoms. The monoisotopic (exact) mass is 206 g/mol. The Morgan fingerprint density at radius 2 is 2.33 bits per heavy atom. The third-order valence-corrected chi connectivity index (χ3v) is 1.89. The summed E-state index contributed by atoms with van der Waals surface area (Å²) in [6.45, 7) is 2.18. The van der Waals surface area contributed by atoms with Crippen molar-refractivity contribution in [2.24, 2.45) is 0 Å². The molecule has 0 saturated heterocycles. The minimum atomic E-state index is -0.375. The minimum absolute atomic E-state index is 0.0272. The van der Waals surface area contributed by atoms with E-state index in [0.717, 1.165) is 0 Å². The van der Waals surface area contributed by atoms with Gasteiger partial charge >= 0.3 is 6.08 Å². The molecule has 0 aliphatic carbocycles. The fourth-order valence-corrected chi connectivity index (χ4v) is 1.25. The summed E-state index contributed by atoms with van der Waals surface area (Å²) < 4.78 is 10.3. The van der Waals surface area contributed by atoms with E-state index in [-0.39, 0.29) is 11.6 Å². The van der Waals surface area contributed by atoms with Crippen LogP contribution in [0, 0.1) is 0 Å². The van der Waals surface area contributed by atoms with Crippen molar-refractivity contribution < 1.29 is 9.15 Å². The first kappa shape index (κ1) is 9.51. The van der Waals surface area contributed by atoms with Crippen molar-refractivity contribution in [3.63, 3.8) is 0 Å². The molecule has 0 saturated carbocycles. The topological polar surface area (TPSA) is 78.3 Å². The van der Waals surface area contributed by atoms with Gasteiger partial charge in [0.1, 0.15) is 5.58 Å². The zero-order valence-corrected chi connectivity index (χ0v) is 8.19. The first-order valence-corrected chi connectivity index (χ1v) is 4.54. The molecule has 0 spiro atoms. The minimum Gasteiger partial charge on any atom is -0.450 e. The Hall–Kier alpha value is -2.04. The third kappa shape index (κ3) is 1.76. The van der Waals surface area contributed by atoms with Crippen LogP contribution in [-0.4, -0.2) is 11.6 Å². The number of rotatable bonds is 2. The fourth-order valence-electron chi connectivity index (χ4n) is 1.25. The summed E-state index contributed by atoms with van der Waals surface area (Å²) in [5.74, 6) is 0. The van der Waals surface area contributed by atoms with Gasteiger partial charge < -0.3 is 14.9 Å². The molecule has 78 valence electrons. The highest BCUT2D eigenvalue weighted by Gasteiger charge is 2.06. The van der Waals surface area contributed by atoms with Gasteiger partial charge in [-0.25, -0.2) is 0 Å². The maximum absolute atomic E-state index is 11.5. The molecule has 0 atom stereocenters. The molecule has 0 aliphatic rings. The van der Waals surface area contributed by atoms with Gasteiger partial charge in [0.15, 0.2) is 0 Å². The zero-order chi connectivity index (χ0) is 10.8. The molecular formula is C10H10N2O3. The van der Waals surface area contributed by atoms with Crippen LogP contribution in [0.4, 0.5) is 5.69 Å². The summed E-state index contributed by atoms with van der Waals surface area (Å²) in [4.78, 5) is 15.1. The van der Waals surface area contributed by atoms with Gasteiger partial charge in [-0.3, -0.25) is 4.79 Å². The number of aromatic nitrogens is 1. The van der Waals surface area contributed by atoms with E-state index in [2.05, 4.69) is 4.98 Å². The average molecular weight is 206 g/mol. The lowest BCUT2D eigenvalue weighted by atomic mass is 10.2. The number of nitrogen functional groups attached to an aromatic ring is 1. The number of ether oxygens (including phenoxy) is 1. The predicted octanol–water partition coefficient (Wildman–Crippen LogP) is 1.17. The zero-order valence-electron chi connectivity index (χ0n) is 8.19. The van der Waals surface area contributed by atoms with E-state index >= 15 is 0 Å². The lowest BCUT2D eigenvalue weighted by Crippen LogP contribution is -2.08. The summed E-state index contributed by atoms with van der Waals surface area (Å²) in [5, 5.41) is 0.396. The number of nitrogens with zero attached hydrogens (tertiary/aromatic N) is 1. The maximum Gasteiger partial charge on any atom is 0.397 e. The quantitative estimate of drug-likeness (QED) is 0.746. The molecule has 5 heteroatoms. The van der Waals surface area contributed by atoms with Crippen LogP contribution < -0.4 is 16.0 Å². The Morgan fingerprint density at radius 3 is 3.07 bits per heavy atom. The van der Waals surface area contributed by atoms with E-state index < -0.39 is 0 Å². The van der Waals surface area contributed by atoms with Crippen molar-refractivity contribution in [1.29, 1.82) is 0 Å². The largest absolute Gasteiger partial charge is 0.450 e. The Morgan fingerprint density at radius 1 is 1.53 bits per heavy atom. The molecule has 1 heterocycles. The van der Waals surface area contributed by atoms with Crippen molar-refractivity contribution in [2.75, 3.05) is 12.3 Å². The molecule has 5 nitrogen and oxygen atoms in total. The molecule has 2 N–H and O–H groups in total. The van der Waals surface area contributed by atoms with Crippen LogP contribution in [-0.2, 0) is 0 Å². The number of hydrogen-bond acceptors (Lipinski definition) is 5. The standard InChI is InChI=1S/C10H10N2O3/c1-2-14-10-12-9(13)7-4-3-6(11)5-8(7)15-10/h3-5H,2,11H2,1H3. The molecule has 15 heavy (non-hydrogen) atoms. The van der Waals surface area contributed by atoms with Crippen LogP contribution >= 0.6 is 0 Å². The molecule has 0 fully saturated rings. The van der Waals surface area contributed by atoms with E-state index in [1.54, 1.807) is 25.1 Å². The SMILES string of the molecule is CCOc1nc(=O)c2ccc(N)cc2o1. The smallest absolute Gasteiger partial charge is 0.397 e. The Kier molecular flexibility index (Phi) is 2.29. The molecule has 2 rings (SSSR count). The van der Waals surface area contributed by atoms with Crippen LogP contribution in [0.5, 0.6) is 6.08 Å². The predicted molar refractivity (Wildman–Crippen MR) is 55.9 cm³/mol. The van der Waals surface area contributed by atoms with Crippen LogP contribution in [0.15, 0.2) is 27.4 Å². The van der Waals surface area contributed by atoms with Crippen molar-refractivity contribution in [2.45, 2.75) is 6.92 Å². The van der Waals surface area contributed by atoms with Crippen molar-refractivity contribution in [3.05, 3.63) is 28.6 Å².